The van der Waals surface area contributed by atoms with Crippen LogP contribution in [0.15, 0.2) is 12.3 Å². The number of hydrogen-bond acceptors (Lipinski definition) is 3. The minimum absolute atomic E-state index is 0.0573. The highest BCUT2D eigenvalue weighted by Gasteiger charge is 2.66. The zero-order valence-corrected chi connectivity index (χ0v) is 10.7. The first kappa shape index (κ1) is 12.5. The molecule has 8 heteroatoms. The summed E-state index contributed by atoms with van der Waals surface area (Å²) < 4.78 is 41.1. The van der Waals surface area contributed by atoms with Crippen LogP contribution in [0.4, 0.5) is 18.9 Å². The van der Waals surface area contributed by atoms with Gasteiger partial charge in [-0.15, -0.1) is 0 Å². The van der Waals surface area contributed by atoms with Crippen molar-refractivity contribution in [2.24, 2.45) is 0 Å². The molecule has 0 aliphatic heterocycles. The van der Waals surface area contributed by atoms with Gasteiger partial charge in [-0.05, 0) is 12.8 Å². The molecule has 3 rings (SSSR count). The highest BCUT2D eigenvalue weighted by Crippen LogP contribution is 2.60. The molecule has 1 aliphatic carbocycles. The third-order valence-electron chi connectivity index (χ3n) is 3.47. The van der Waals surface area contributed by atoms with E-state index in [0.717, 1.165) is 0 Å². The summed E-state index contributed by atoms with van der Waals surface area (Å²) >= 11 is 5.76. The smallest absolute Gasteiger partial charge is 0.385 e. The first-order chi connectivity index (χ1) is 8.89. The van der Waals surface area contributed by atoms with Crippen molar-refractivity contribution in [2.45, 2.75) is 24.4 Å². The Labute approximate surface area is 111 Å². The van der Waals surface area contributed by atoms with Crippen LogP contribution < -0.4 is 5.32 Å². The van der Waals surface area contributed by atoms with E-state index in [1.165, 1.54) is 16.8 Å². The van der Waals surface area contributed by atoms with E-state index in [1.807, 2.05) is 0 Å². The molecule has 2 heterocycles. The molecule has 19 heavy (non-hydrogen) atoms. The number of hydrogen-bond donors (Lipinski definition) is 1. The molecule has 1 aliphatic rings. The second-order valence-corrected chi connectivity index (χ2v) is 4.97. The lowest BCUT2D eigenvalue weighted by molar-refractivity contribution is -0.161. The molecular formula is C11H10ClF3N4. The van der Waals surface area contributed by atoms with Crippen LogP contribution in [0, 0.1) is 0 Å². The predicted octanol–water partition coefficient (Wildman–Crippen LogP) is 3.02. The average molecular weight is 291 g/mol. The molecule has 0 saturated heterocycles. The third kappa shape index (κ3) is 1.68. The normalized spacial score (nSPS) is 17.7. The van der Waals surface area contributed by atoms with E-state index in [2.05, 4.69) is 15.4 Å². The van der Waals surface area contributed by atoms with Crippen LogP contribution in [0.1, 0.15) is 18.5 Å². The highest BCUT2D eigenvalue weighted by atomic mass is 35.5. The van der Waals surface area contributed by atoms with Crippen LogP contribution in [0.2, 0.25) is 5.15 Å². The second kappa shape index (κ2) is 3.75. The van der Waals surface area contributed by atoms with E-state index in [4.69, 9.17) is 11.6 Å². The number of alkyl halides is 3. The van der Waals surface area contributed by atoms with E-state index >= 15 is 0 Å². The second-order valence-electron chi connectivity index (χ2n) is 4.59. The Morgan fingerprint density at radius 2 is 2.11 bits per heavy atom. The van der Waals surface area contributed by atoms with E-state index in [9.17, 15) is 13.2 Å². The maximum Gasteiger partial charge on any atom is 0.400 e. The molecule has 0 bridgehead atoms. The van der Waals surface area contributed by atoms with Gasteiger partial charge in [0.1, 0.15) is 5.41 Å². The maximum absolute atomic E-state index is 13.3. The van der Waals surface area contributed by atoms with Crippen molar-refractivity contribution >= 4 is 22.9 Å². The largest absolute Gasteiger partial charge is 0.400 e. The van der Waals surface area contributed by atoms with Crippen molar-refractivity contribution in [3.63, 3.8) is 0 Å². The molecule has 0 amide bonds. The van der Waals surface area contributed by atoms with E-state index in [-0.39, 0.29) is 23.7 Å². The van der Waals surface area contributed by atoms with Crippen molar-refractivity contribution in [3.05, 3.63) is 23.1 Å². The molecule has 1 fully saturated rings. The van der Waals surface area contributed by atoms with E-state index < -0.39 is 11.6 Å². The lowest BCUT2D eigenvalue weighted by Gasteiger charge is -2.22. The Morgan fingerprint density at radius 3 is 2.63 bits per heavy atom. The zero-order valence-electron chi connectivity index (χ0n) is 9.92. The Bertz CT molecular complexity index is 645. The average Bonchev–Trinajstić information content (AvgIpc) is 3.04. The first-order valence-corrected chi connectivity index (χ1v) is 6.06. The van der Waals surface area contributed by atoms with Crippen LogP contribution in [-0.2, 0) is 5.41 Å². The van der Waals surface area contributed by atoms with Gasteiger partial charge in [-0.25, -0.2) is 9.50 Å². The molecule has 1 N–H and O–H groups in total. The van der Waals surface area contributed by atoms with Crippen molar-refractivity contribution in [2.75, 3.05) is 12.4 Å². The fourth-order valence-corrected chi connectivity index (χ4v) is 2.50. The van der Waals surface area contributed by atoms with Gasteiger partial charge >= 0.3 is 6.18 Å². The topological polar surface area (TPSA) is 42.2 Å². The summed E-state index contributed by atoms with van der Waals surface area (Å²) in [5.41, 5.74) is -1.13. The fourth-order valence-electron chi connectivity index (χ4n) is 2.33. The number of halogens is 4. The molecule has 102 valence electrons. The van der Waals surface area contributed by atoms with Gasteiger partial charge in [0.2, 0.25) is 0 Å². The Balaban J connectivity index is 2.32. The SMILES string of the molecule is CNc1cnc2cc(Cl)nn2c1C1(C(F)(F)F)CC1. The molecule has 0 atom stereocenters. The predicted molar refractivity (Wildman–Crippen MR) is 64.5 cm³/mol. The molecule has 0 spiro atoms. The maximum atomic E-state index is 13.3. The molecule has 4 nitrogen and oxygen atoms in total. The summed E-state index contributed by atoms with van der Waals surface area (Å²) in [6.45, 7) is 0. The summed E-state index contributed by atoms with van der Waals surface area (Å²) in [7, 11) is 1.56. The van der Waals surface area contributed by atoms with Crippen molar-refractivity contribution < 1.29 is 13.2 Å². The number of anilines is 1. The van der Waals surface area contributed by atoms with E-state index in [0.29, 0.717) is 11.3 Å². The summed E-state index contributed by atoms with van der Waals surface area (Å²) in [6.07, 6.45) is -2.82. The van der Waals surface area contributed by atoms with Crippen LogP contribution in [0.3, 0.4) is 0 Å². The van der Waals surface area contributed by atoms with Gasteiger partial charge in [0.05, 0.1) is 17.6 Å². The van der Waals surface area contributed by atoms with Crippen molar-refractivity contribution in [1.29, 1.82) is 0 Å². The Kier molecular flexibility index (Phi) is 2.47. The van der Waals surface area contributed by atoms with Crippen LogP contribution >= 0.6 is 11.6 Å². The fraction of sp³-hybridized carbons (Fsp3) is 0.455. The molecule has 2 aromatic rings. The summed E-state index contributed by atoms with van der Waals surface area (Å²) in [5.74, 6) is 0. The third-order valence-corrected chi connectivity index (χ3v) is 3.65. The van der Waals surface area contributed by atoms with Crippen LogP contribution in [0.5, 0.6) is 0 Å². The van der Waals surface area contributed by atoms with Gasteiger partial charge in [0.15, 0.2) is 10.8 Å². The lowest BCUT2D eigenvalue weighted by Crippen LogP contribution is -2.32. The number of nitrogens with one attached hydrogen (secondary N) is 1. The van der Waals surface area contributed by atoms with Crippen molar-refractivity contribution in [3.8, 4) is 0 Å². The molecule has 0 radical (unpaired) electrons. The molecule has 1 saturated carbocycles. The Hall–Kier alpha value is -1.50. The van der Waals surface area contributed by atoms with Gasteiger partial charge in [-0.2, -0.15) is 18.3 Å². The van der Waals surface area contributed by atoms with Gasteiger partial charge in [-0.3, -0.25) is 0 Å². The number of nitrogens with zero attached hydrogens (tertiary/aromatic N) is 3. The van der Waals surface area contributed by atoms with Gasteiger partial charge in [-0.1, -0.05) is 11.6 Å². The van der Waals surface area contributed by atoms with Gasteiger partial charge < -0.3 is 5.32 Å². The lowest BCUT2D eigenvalue weighted by atomic mass is 10.00. The number of fused-ring (bicyclic) bond motifs is 1. The molecule has 0 aromatic carbocycles. The minimum Gasteiger partial charge on any atom is -0.385 e. The highest BCUT2D eigenvalue weighted by molar-refractivity contribution is 6.29. The van der Waals surface area contributed by atoms with Gasteiger partial charge in [0, 0.05) is 13.1 Å². The van der Waals surface area contributed by atoms with Crippen LogP contribution in [-0.4, -0.2) is 27.8 Å². The minimum atomic E-state index is -4.31. The standard InChI is InChI=1S/C11H10ClF3N4/c1-16-6-5-17-8-4-7(12)18-19(8)9(6)10(2-3-10)11(13,14)15/h4-5,16H,2-3H2,1H3. The molecular weight excluding hydrogens is 281 g/mol. The van der Waals surface area contributed by atoms with Crippen LogP contribution in [0.25, 0.3) is 5.65 Å². The zero-order chi connectivity index (χ0) is 13.8. The quantitative estimate of drug-likeness (QED) is 0.924. The van der Waals surface area contributed by atoms with Gasteiger partial charge in [0.25, 0.3) is 0 Å². The summed E-state index contributed by atoms with van der Waals surface area (Å²) in [6, 6.07) is 1.44. The summed E-state index contributed by atoms with van der Waals surface area (Å²) in [4.78, 5) is 4.04. The van der Waals surface area contributed by atoms with E-state index in [1.54, 1.807) is 7.05 Å². The molecule has 2 aromatic heterocycles. The van der Waals surface area contributed by atoms with Crippen molar-refractivity contribution in [1.82, 2.24) is 14.6 Å². The number of rotatable bonds is 2. The Morgan fingerprint density at radius 1 is 1.42 bits per heavy atom. The number of aromatic nitrogens is 3. The first-order valence-electron chi connectivity index (χ1n) is 5.68. The molecule has 0 unspecified atom stereocenters. The monoisotopic (exact) mass is 290 g/mol. The summed E-state index contributed by atoms with van der Waals surface area (Å²) in [5, 5.41) is 6.79.